The van der Waals surface area contributed by atoms with Gasteiger partial charge in [0.05, 0.1) is 16.3 Å². The summed E-state index contributed by atoms with van der Waals surface area (Å²) in [4.78, 5) is 22.7. The summed E-state index contributed by atoms with van der Waals surface area (Å²) >= 11 is 0. The highest BCUT2D eigenvalue weighted by Crippen LogP contribution is 2.18. The van der Waals surface area contributed by atoms with Gasteiger partial charge in [-0.15, -0.1) is 5.10 Å². The van der Waals surface area contributed by atoms with Crippen LogP contribution < -0.4 is 5.32 Å². The molecule has 2 rings (SSSR count). The van der Waals surface area contributed by atoms with Gasteiger partial charge < -0.3 is 5.32 Å². The molecule has 0 saturated carbocycles. The van der Waals surface area contributed by atoms with E-state index in [9.17, 15) is 14.9 Å². The van der Waals surface area contributed by atoms with Crippen molar-refractivity contribution >= 4 is 11.6 Å². The standard InChI is InChI=1S/C15H19N5O3/c1-5-15(3,4)16-14(21)13-10(2)19(18-17-13)11-7-6-8-12(9-11)20(22)23/h6-9H,5H2,1-4H3,(H,16,21). The summed E-state index contributed by atoms with van der Waals surface area (Å²) in [5.74, 6) is -0.314. The molecule has 2 aromatic rings. The lowest BCUT2D eigenvalue weighted by Gasteiger charge is -2.23. The lowest BCUT2D eigenvalue weighted by Crippen LogP contribution is -2.43. The van der Waals surface area contributed by atoms with E-state index in [0.29, 0.717) is 11.4 Å². The van der Waals surface area contributed by atoms with Crippen LogP contribution in [-0.4, -0.2) is 31.4 Å². The minimum atomic E-state index is -0.479. The first-order chi connectivity index (χ1) is 10.7. The van der Waals surface area contributed by atoms with Gasteiger partial charge in [-0.2, -0.15) is 0 Å². The van der Waals surface area contributed by atoms with Crippen molar-refractivity contribution < 1.29 is 9.72 Å². The molecule has 0 aliphatic carbocycles. The molecule has 1 aromatic carbocycles. The van der Waals surface area contributed by atoms with Crippen molar-refractivity contribution in [2.45, 2.75) is 39.7 Å². The number of nitro benzene ring substituents is 1. The molecule has 0 fully saturated rings. The average Bonchev–Trinajstić information content (AvgIpc) is 2.88. The number of benzene rings is 1. The maximum atomic E-state index is 12.3. The molecular formula is C15H19N5O3. The highest BCUT2D eigenvalue weighted by atomic mass is 16.6. The molecule has 1 amide bonds. The van der Waals surface area contributed by atoms with Gasteiger partial charge in [-0.25, -0.2) is 4.68 Å². The molecule has 122 valence electrons. The first kappa shape index (κ1) is 16.6. The third-order valence-corrected chi connectivity index (χ3v) is 3.73. The van der Waals surface area contributed by atoms with Crippen LogP contribution in [0.3, 0.4) is 0 Å². The Bertz CT molecular complexity index is 751. The normalized spacial score (nSPS) is 11.3. The van der Waals surface area contributed by atoms with E-state index in [1.807, 2.05) is 20.8 Å². The monoisotopic (exact) mass is 317 g/mol. The predicted molar refractivity (Wildman–Crippen MR) is 84.6 cm³/mol. The maximum absolute atomic E-state index is 12.3. The van der Waals surface area contributed by atoms with Crippen molar-refractivity contribution in [3.63, 3.8) is 0 Å². The summed E-state index contributed by atoms with van der Waals surface area (Å²) in [6, 6.07) is 6.02. The molecule has 0 saturated heterocycles. The molecule has 1 N–H and O–H groups in total. The predicted octanol–water partition coefficient (Wildman–Crippen LogP) is 2.40. The fourth-order valence-corrected chi connectivity index (χ4v) is 1.98. The zero-order valence-electron chi connectivity index (χ0n) is 13.5. The summed E-state index contributed by atoms with van der Waals surface area (Å²) in [6.07, 6.45) is 0.775. The van der Waals surface area contributed by atoms with Crippen LogP contribution in [0, 0.1) is 17.0 Å². The van der Waals surface area contributed by atoms with Crippen molar-refractivity contribution in [1.82, 2.24) is 20.3 Å². The number of nitrogens with zero attached hydrogens (tertiary/aromatic N) is 4. The number of rotatable bonds is 5. The second-order valence-corrected chi connectivity index (χ2v) is 5.90. The number of amides is 1. The summed E-state index contributed by atoms with van der Waals surface area (Å²) in [6.45, 7) is 7.52. The zero-order valence-corrected chi connectivity index (χ0v) is 13.5. The molecule has 0 unspecified atom stereocenters. The third-order valence-electron chi connectivity index (χ3n) is 3.73. The van der Waals surface area contributed by atoms with Crippen molar-refractivity contribution in [1.29, 1.82) is 0 Å². The topological polar surface area (TPSA) is 103 Å². The Labute approximate surface area is 133 Å². The fourth-order valence-electron chi connectivity index (χ4n) is 1.98. The van der Waals surface area contributed by atoms with Crippen LogP contribution in [0.25, 0.3) is 5.69 Å². The highest BCUT2D eigenvalue weighted by Gasteiger charge is 2.23. The number of non-ortho nitro benzene ring substituents is 1. The summed E-state index contributed by atoms with van der Waals surface area (Å²) in [5.41, 5.74) is 0.820. The van der Waals surface area contributed by atoms with Crippen LogP contribution >= 0.6 is 0 Å². The van der Waals surface area contributed by atoms with E-state index in [4.69, 9.17) is 0 Å². The molecular weight excluding hydrogens is 298 g/mol. The molecule has 0 atom stereocenters. The summed E-state index contributed by atoms with van der Waals surface area (Å²) in [5, 5.41) is 21.6. The molecule has 0 spiro atoms. The van der Waals surface area contributed by atoms with E-state index in [1.165, 1.54) is 16.8 Å². The van der Waals surface area contributed by atoms with E-state index >= 15 is 0 Å². The molecule has 8 heteroatoms. The average molecular weight is 317 g/mol. The van der Waals surface area contributed by atoms with Gasteiger partial charge in [0.25, 0.3) is 11.6 Å². The van der Waals surface area contributed by atoms with Crippen LogP contribution in [0.5, 0.6) is 0 Å². The lowest BCUT2D eigenvalue weighted by atomic mass is 10.0. The molecule has 23 heavy (non-hydrogen) atoms. The number of aromatic nitrogens is 3. The first-order valence-electron chi connectivity index (χ1n) is 7.25. The molecule has 0 bridgehead atoms. The van der Waals surface area contributed by atoms with Gasteiger partial charge in [-0.1, -0.05) is 18.2 Å². The SMILES string of the molecule is CCC(C)(C)NC(=O)c1nnn(-c2cccc([N+](=O)[O-])c2)c1C. The molecule has 1 heterocycles. The van der Waals surface area contributed by atoms with Crippen molar-refractivity contribution in [2.24, 2.45) is 0 Å². The smallest absolute Gasteiger partial charge is 0.274 e. The summed E-state index contributed by atoms with van der Waals surface area (Å²) in [7, 11) is 0. The first-order valence-corrected chi connectivity index (χ1v) is 7.25. The third kappa shape index (κ3) is 3.53. The Morgan fingerprint density at radius 2 is 2.13 bits per heavy atom. The Kier molecular flexibility index (Phi) is 4.44. The van der Waals surface area contributed by atoms with Gasteiger partial charge in [0.1, 0.15) is 0 Å². The molecule has 8 nitrogen and oxygen atoms in total. The molecule has 0 radical (unpaired) electrons. The van der Waals surface area contributed by atoms with Crippen LogP contribution in [0.4, 0.5) is 5.69 Å². The van der Waals surface area contributed by atoms with E-state index in [-0.39, 0.29) is 22.8 Å². The number of nitro groups is 1. The molecule has 1 aromatic heterocycles. The number of hydrogen-bond acceptors (Lipinski definition) is 5. The highest BCUT2D eigenvalue weighted by molar-refractivity contribution is 5.93. The van der Waals surface area contributed by atoms with Gasteiger partial charge >= 0.3 is 0 Å². The van der Waals surface area contributed by atoms with Crippen LogP contribution in [0.2, 0.25) is 0 Å². The summed E-state index contributed by atoms with van der Waals surface area (Å²) < 4.78 is 1.42. The van der Waals surface area contributed by atoms with E-state index in [1.54, 1.807) is 19.1 Å². The van der Waals surface area contributed by atoms with Gasteiger partial charge in [0.2, 0.25) is 0 Å². The number of carbonyl (C=O) groups excluding carboxylic acids is 1. The Morgan fingerprint density at radius 1 is 1.43 bits per heavy atom. The molecule has 0 aliphatic rings. The van der Waals surface area contributed by atoms with E-state index in [0.717, 1.165) is 6.42 Å². The molecule has 0 aliphatic heterocycles. The van der Waals surface area contributed by atoms with Crippen molar-refractivity contribution in [3.8, 4) is 5.69 Å². The minimum absolute atomic E-state index is 0.0458. The van der Waals surface area contributed by atoms with Crippen molar-refractivity contribution in [2.75, 3.05) is 0 Å². The second-order valence-electron chi connectivity index (χ2n) is 5.90. The van der Waals surface area contributed by atoms with Crippen molar-refractivity contribution in [3.05, 3.63) is 45.8 Å². The fraction of sp³-hybridized carbons (Fsp3) is 0.400. The van der Waals surface area contributed by atoms with Crippen LogP contribution in [0.15, 0.2) is 24.3 Å². The van der Waals surface area contributed by atoms with Crippen LogP contribution in [-0.2, 0) is 0 Å². The Hall–Kier alpha value is -2.77. The number of carbonyl (C=O) groups is 1. The van der Waals surface area contributed by atoms with Gasteiger partial charge in [0, 0.05) is 17.7 Å². The Balaban J connectivity index is 2.34. The maximum Gasteiger partial charge on any atom is 0.274 e. The van der Waals surface area contributed by atoms with Crippen LogP contribution in [0.1, 0.15) is 43.4 Å². The minimum Gasteiger partial charge on any atom is -0.346 e. The zero-order chi connectivity index (χ0) is 17.2. The van der Waals surface area contributed by atoms with E-state index in [2.05, 4.69) is 15.6 Å². The van der Waals surface area contributed by atoms with Gasteiger partial charge in [-0.3, -0.25) is 14.9 Å². The van der Waals surface area contributed by atoms with Gasteiger partial charge in [0.15, 0.2) is 5.69 Å². The number of hydrogen-bond donors (Lipinski definition) is 1. The number of nitrogens with one attached hydrogen (secondary N) is 1. The quantitative estimate of drug-likeness (QED) is 0.673. The second kappa shape index (κ2) is 6.15. The lowest BCUT2D eigenvalue weighted by molar-refractivity contribution is -0.384. The van der Waals surface area contributed by atoms with Gasteiger partial charge in [-0.05, 0) is 33.3 Å². The Morgan fingerprint density at radius 3 is 2.74 bits per heavy atom. The largest absolute Gasteiger partial charge is 0.346 e. The van der Waals surface area contributed by atoms with E-state index < -0.39 is 4.92 Å².